The number of sulfone groups is 1. The van der Waals surface area contributed by atoms with Gasteiger partial charge in [0.15, 0.2) is 9.84 Å². The van der Waals surface area contributed by atoms with Crippen molar-refractivity contribution in [1.29, 1.82) is 0 Å². The van der Waals surface area contributed by atoms with E-state index in [0.29, 0.717) is 20.7 Å². The smallest absolute Gasteiger partial charge is 0.350 e. The Kier molecular flexibility index (Phi) is 7.34. The third-order valence-corrected chi connectivity index (χ3v) is 9.54. The lowest BCUT2D eigenvalue weighted by Crippen LogP contribution is -2.17. The molecule has 0 fully saturated rings. The fourth-order valence-corrected chi connectivity index (χ4v) is 7.32. The van der Waals surface area contributed by atoms with Crippen LogP contribution in [0.15, 0.2) is 57.9 Å². The first-order valence-electron chi connectivity index (χ1n) is 9.34. The highest BCUT2D eigenvalue weighted by Gasteiger charge is 2.34. The van der Waals surface area contributed by atoms with Crippen molar-refractivity contribution >= 4 is 50.5 Å². The third-order valence-electron chi connectivity index (χ3n) is 4.32. The van der Waals surface area contributed by atoms with E-state index in [-0.39, 0.29) is 16.4 Å². The van der Waals surface area contributed by atoms with Gasteiger partial charge in [-0.05, 0) is 50.6 Å². The molecule has 1 aromatic carbocycles. The second kappa shape index (κ2) is 9.60. The van der Waals surface area contributed by atoms with Crippen LogP contribution in [0.5, 0.6) is 0 Å². The SMILES string of the molecule is CCOC(=O)c1sc(SCc2ccc(Cl)cc2)c(S(=O)(=O)C(C)C)c1-n1cccc1. The Morgan fingerprint density at radius 1 is 1.20 bits per heavy atom. The van der Waals surface area contributed by atoms with E-state index in [2.05, 4.69) is 0 Å². The first-order chi connectivity index (χ1) is 14.3. The fraction of sp³-hybridized carbons (Fsp3) is 0.286. The van der Waals surface area contributed by atoms with Crippen molar-refractivity contribution in [1.82, 2.24) is 4.57 Å². The van der Waals surface area contributed by atoms with E-state index in [1.54, 1.807) is 62.0 Å². The molecule has 3 rings (SSSR count). The molecule has 0 spiro atoms. The maximum Gasteiger partial charge on any atom is 0.350 e. The molecule has 0 amide bonds. The Morgan fingerprint density at radius 2 is 1.83 bits per heavy atom. The lowest BCUT2D eigenvalue weighted by molar-refractivity contribution is 0.0532. The first-order valence-corrected chi connectivity index (χ1v) is 13.1. The van der Waals surface area contributed by atoms with Gasteiger partial charge in [-0.1, -0.05) is 23.7 Å². The second-order valence-electron chi connectivity index (χ2n) is 6.72. The Morgan fingerprint density at radius 3 is 2.40 bits per heavy atom. The van der Waals surface area contributed by atoms with Gasteiger partial charge in [0.05, 0.1) is 21.8 Å². The molecular weight excluding hydrogens is 462 g/mol. The zero-order chi connectivity index (χ0) is 21.9. The van der Waals surface area contributed by atoms with Crippen molar-refractivity contribution < 1.29 is 17.9 Å². The summed E-state index contributed by atoms with van der Waals surface area (Å²) in [5.74, 6) is 0.0239. The Balaban J connectivity index is 2.16. The highest BCUT2D eigenvalue weighted by molar-refractivity contribution is 8.01. The fourth-order valence-electron chi connectivity index (χ4n) is 2.75. The molecule has 2 heterocycles. The molecule has 0 bridgehead atoms. The average molecular weight is 484 g/mol. The van der Waals surface area contributed by atoms with Crippen molar-refractivity contribution in [3.05, 3.63) is 64.3 Å². The summed E-state index contributed by atoms with van der Waals surface area (Å²) in [5.41, 5.74) is 1.36. The molecule has 3 aromatic rings. The molecule has 0 unspecified atom stereocenters. The maximum atomic E-state index is 13.3. The van der Waals surface area contributed by atoms with E-state index in [1.165, 1.54) is 11.8 Å². The maximum absolute atomic E-state index is 13.3. The molecule has 160 valence electrons. The molecule has 0 aliphatic carbocycles. The van der Waals surface area contributed by atoms with Crippen molar-refractivity contribution in [3.8, 4) is 5.69 Å². The summed E-state index contributed by atoms with van der Waals surface area (Å²) < 4.78 is 34.1. The van der Waals surface area contributed by atoms with E-state index in [4.69, 9.17) is 16.3 Å². The highest BCUT2D eigenvalue weighted by Crippen LogP contribution is 2.44. The Labute approximate surface area is 189 Å². The van der Waals surface area contributed by atoms with Gasteiger partial charge >= 0.3 is 5.97 Å². The number of esters is 1. The van der Waals surface area contributed by atoms with Crippen LogP contribution in [-0.2, 0) is 20.3 Å². The molecule has 30 heavy (non-hydrogen) atoms. The largest absolute Gasteiger partial charge is 0.462 e. The lowest BCUT2D eigenvalue weighted by Gasteiger charge is -2.13. The van der Waals surface area contributed by atoms with Crippen molar-refractivity contribution in [3.63, 3.8) is 0 Å². The van der Waals surface area contributed by atoms with Gasteiger partial charge in [0.1, 0.15) is 9.77 Å². The average Bonchev–Trinajstić information content (AvgIpc) is 3.35. The summed E-state index contributed by atoms with van der Waals surface area (Å²) in [7, 11) is -3.66. The number of aromatic nitrogens is 1. The number of rotatable bonds is 8. The van der Waals surface area contributed by atoms with Gasteiger partial charge in [-0.25, -0.2) is 13.2 Å². The van der Waals surface area contributed by atoms with E-state index < -0.39 is 21.1 Å². The number of benzene rings is 1. The summed E-state index contributed by atoms with van der Waals surface area (Å²) in [6.07, 6.45) is 3.47. The minimum absolute atomic E-state index is 0.181. The van der Waals surface area contributed by atoms with Crippen LogP contribution < -0.4 is 0 Å². The molecule has 0 radical (unpaired) electrons. The normalized spacial score (nSPS) is 11.8. The number of carbonyl (C=O) groups excluding carboxylic acids is 1. The van der Waals surface area contributed by atoms with Crippen LogP contribution in [0.4, 0.5) is 0 Å². The molecule has 9 heteroatoms. The standard InChI is InChI=1S/C21H22ClNO4S3/c1-4-27-20(24)18-17(23-11-5-6-12-23)19(30(25,26)14(2)3)21(29-18)28-13-15-7-9-16(22)10-8-15/h5-12,14H,4,13H2,1-3H3. The topological polar surface area (TPSA) is 65.4 Å². The van der Waals surface area contributed by atoms with E-state index >= 15 is 0 Å². The number of thioether (sulfide) groups is 1. The van der Waals surface area contributed by atoms with Crippen LogP contribution in [0.1, 0.15) is 36.0 Å². The minimum Gasteiger partial charge on any atom is -0.462 e. The van der Waals surface area contributed by atoms with Crippen molar-refractivity contribution in [2.45, 2.75) is 40.9 Å². The first kappa shape index (κ1) is 22.9. The lowest BCUT2D eigenvalue weighted by atomic mass is 10.2. The molecule has 0 atom stereocenters. The number of carbonyl (C=O) groups is 1. The summed E-state index contributed by atoms with van der Waals surface area (Å²) in [5, 5.41) is 0.00813. The van der Waals surface area contributed by atoms with Crippen LogP contribution in [-0.4, -0.2) is 30.8 Å². The summed E-state index contributed by atoms with van der Waals surface area (Å²) in [6.45, 7) is 5.22. The molecule has 5 nitrogen and oxygen atoms in total. The minimum atomic E-state index is -3.66. The van der Waals surface area contributed by atoms with Crippen LogP contribution in [0, 0.1) is 0 Å². The van der Waals surface area contributed by atoms with Gasteiger partial charge < -0.3 is 9.30 Å². The number of ether oxygens (including phenoxy) is 1. The molecular formula is C21H22ClNO4S3. The molecule has 0 N–H and O–H groups in total. The number of halogens is 1. The number of nitrogens with zero attached hydrogens (tertiary/aromatic N) is 1. The second-order valence-corrected chi connectivity index (χ2v) is 11.9. The predicted octanol–water partition coefficient (Wildman–Crippen LogP) is 5.84. The predicted molar refractivity (Wildman–Crippen MR) is 123 cm³/mol. The zero-order valence-corrected chi connectivity index (χ0v) is 20.0. The van der Waals surface area contributed by atoms with Crippen LogP contribution in [0.25, 0.3) is 5.69 Å². The van der Waals surface area contributed by atoms with Crippen molar-refractivity contribution in [2.24, 2.45) is 0 Å². The van der Waals surface area contributed by atoms with Crippen LogP contribution in [0.2, 0.25) is 5.02 Å². The molecule has 0 saturated heterocycles. The van der Waals surface area contributed by atoms with Gasteiger partial charge in [0, 0.05) is 23.2 Å². The third kappa shape index (κ3) is 4.77. The van der Waals surface area contributed by atoms with Crippen LogP contribution >= 0.6 is 34.7 Å². The number of hydrogen-bond acceptors (Lipinski definition) is 6. The van der Waals surface area contributed by atoms with Gasteiger partial charge in [-0.3, -0.25) is 0 Å². The number of hydrogen-bond donors (Lipinski definition) is 0. The van der Waals surface area contributed by atoms with E-state index in [0.717, 1.165) is 16.9 Å². The Hall–Kier alpha value is -1.74. The summed E-state index contributed by atoms with van der Waals surface area (Å²) >= 11 is 8.51. The molecule has 0 saturated carbocycles. The number of thiophene rings is 1. The monoisotopic (exact) mass is 483 g/mol. The molecule has 2 aromatic heterocycles. The van der Waals surface area contributed by atoms with Gasteiger partial charge in [-0.15, -0.1) is 23.1 Å². The summed E-state index contributed by atoms with van der Waals surface area (Å²) in [4.78, 5) is 13.2. The molecule has 0 aliphatic rings. The van der Waals surface area contributed by atoms with E-state index in [1.807, 2.05) is 12.1 Å². The quantitative estimate of drug-likeness (QED) is 0.297. The molecule has 0 aliphatic heterocycles. The van der Waals surface area contributed by atoms with E-state index in [9.17, 15) is 13.2 Å². The highest BCUT2D eigenvalue weighted by atomic mass is 35.5. The summed E-state index contributed by atoms with van der Waals surface area (Å²) in [6, 6.07) is 11.0. The van der Waals surface area contributed by atoms with Gasteiger partial charge in [0.25, 0.3) is 0 Å². The van der Waals surface area contributed by atoms with Crippen LogP contribution in [0.3, 0.4) is 0 Å². The van der Waals surface area contributed by atoms with Gasteiger partial charge in [-0.2, -0.15) is 0 Å². The van der Waals surface area contributed by atoms with Crippen molar-refractivity contribution in [2.75, 3.05) is 6.61 Å². The Bertz CT molecular complexity index is 1120. The zero-order valence-electron chi connectivity index (χ0n) is 16.8. The van der Waals surface area contributed by atoms with Gasteiger partial charge in [0.2, 0.25) is 0 Å².